The fourth-order valence-electron chi connectivity index (χ4n) is 2.65. The molecule has 0 radical (unpaired) electrons. The van der Waals surface area contributed by atoms with E-state index in [1.54, 1.807) is 31.2 Å². The number of rotatable bonds is 6. The van der Waals surface area contributed by atoms with Gasteiger partial charge in [-0.25, -0.2) is 9.78 Å². The van der Waals surface area contributed by atoms with Gasteiger partial charge in [0.2, 0.25) is 0 Å². The molecule has 3 aromatic rings. The van der Waals surface area contributed by atoms with E-state index in [0.717, 1.165) is 17.0 Å². The number of nitrogens with zero attached hydrogens (tertiary/aromatic N) is 2. The van der Waals surface area contributed by atoms with Crippen LogP contribution in [0.4, 0.5) is 5.69 Å². The Bertz CT molecular complexity index is 1080. The van der Waals surface area contributed by atoms with E-state index in [1.165, 1.54) is 16.9 Å². The minimum atomic E-state index is -0.586. The predicted octanol–water partition coefficient (Wildman–Crippen LogP) is 4.35. The van der Waals surface area contributed by atoms with Crippen molar-refractivity contribution in [2.24, 2.45) is 0 Å². The maximum Gasteiger partial charge on any atom is 0.350 e. The molecular formula is C22H19N3O3S. The molecule has 0 saturated heterocycles. The van der Waals surface area contributed by atoms with E-state index in [0.29, 0.717) is 21.8 Å². The van der Waals surface area contributed by atoms with Gasteiger partial charge in [-0.3, -0.25) is 4.79 Å². The molecule has 0 aliphatic rings. The van der Waals surface area contributed by atoms with E-state index in [2.05, 4.69) is 17.2 Å². The number of thiazole rings is 1. The van der Waals surface area contributed by atoms with Gasteiger partial charge in [-0.2, -0.15) is 5.26 Å². The monoisotopic (exact) mass is 405 g/mol. The first-order valence-corrected chi connectivity index (χ1v) is 9.85. The highest BCUT2D eigenvalue weighted by Gasteiger charge is 2.18. The van der Waals surface area contributed by atoms with Crippen LogP contribution >= 0.6 is 11.3 Å². The Hall–Kier alpha value is -3.50. The van der Waals surface area contributed by atoms with Crippen LogP contribution in [0.15, 0.2) is 48.5 Å². The lowest BCUT2D eigenvalue weighted by atomic mass is 10.1. The molecule has 29 heavy (non-hydrogen) atoms. The number of carbonyl (C=O) groups excluding carboxylic acids is 2. The zero-order chi connectivity index (χ0) is 20.8. The van der Waals surface area contributed by atoms with Crippen molar-refractivity contribution >= 4 is 28.9 Å². The molecule has 7 heteroatoms. The summed E-state index contributed by atoms with van der Waals surface area (Å²) in [6, 6.07) is 16.5. The summed E-state index contributed by atoms with van der Waals surface area (Å²) in [5.41, 5.74) is 3.63. The maximum atomic E-state index is 12.4. The van der Waals surface area contributed by atoms with Crippen LogP contribution < -0.4 is 5.32 Å². The van der Waals surface area contributed by atoms with Crippen molar-refractivity contribution in [1.82, 2.24) is 4.98 Å². The third-order valence-corrected chi connectivity index (χ3v) is 5.39. The zero-order valence-electron chi connectivity index (χ0n) is 16.1. The molecule has 1 N–H and O–H groups in total. The Morgan fingerprint density at radius 2 is 1.97 bits per heavy atom. The highest BCUT2D eigenvalue weighted by atomic mass is 32.1. The van der Waals surface area contributed by atoms with Gasteiger partial charge in [-0.15, -0.1) is 11.3 Å². The van der Waals surface area contributed by atoms with Crippen molar-refractivity contribution in [3.63, 3.8) is 0 Å². The normalized spacial score (nSPS) is 10.2. The Morgan fingerprint density at radius 1 is 1.21 bits per heavy atom. The SMILES string of the molecule is CCc1ccc(-c2nc(C)c(C(=O)OCC(=O)Nc3cccc(C#N)c3)s2)cc1. The van der Waals surface area contributed by atoms with Gasteiger partial charge in [0.15, 0.2) is 6.61 Å². The average Bonchev–Trinajstić information content (AvgIpc) is 3.14. The van der Waals surface area contributed by atoms with Crippen LogP contribution in [-0.4, -0.2) is 23.5 Å². The summed E-state index contributed by atoms with van der Waals surface area (Å²) in [7, 11) is 0. The molecule has 0 unspecified atom stereocenters. The van der Waals surface area contributed by atoms with E-state index in [-0.39, 0.29) is 0 Å². The molecular weight excluding hydrogens is 386 g/mol. The molecule has 0 bridgehead atoms. The minimum absolute atomic E-state index is 0.374. The molecule has 3 rings (SSSR count). The number of hydrogen-bond acceptors (Lipinski definition) is 6. The van der Waals surface area contributed by atoms with Crippen LogP contribution in [0.1, 0.15) is 33.4 Å². The lowest BCUT2D eigenvalue weighted by Crippen LogP contribution is -2.20. The van der Waals surface area contributed by atoms with Crippen LogP contribution in [0, 0.1) is 18.3 Å². The van der Waals surface area contributed by atoms with Crippen LogP contribution in [-0.2, 0) is 16.0 Å². The van der Waals surface area contributed by atoms with Crippen LogP contribution in [0.2, 0.25) is 0 Å². The Kier molecular flexibility index (Phi) is 6.37. The van der Waals surface area contributed by atoms with Gasteiger partial charge in [0.25, 0.3) is 5.91 Å². The Balaban J connectivity index is 1.62. The number of carbonyl (C=O) groups is 2. The molecule has 0 saturated carbocycles. The molecule has 2 aromatic carbocycles. The summed E-state index contributed by atoms with van der Waals surface area (Å²) in [4.78, 5) is 29.3. The summed E-state index contributed by atoms with van der Waals surface area (Å²) in [5, 5.41) is 12.2. The molecule has 0 aliphatic carbocycles. The first-order valence-electron chi connectivity index (χ1n) is 9.04. The first kappa shape index (κ1) is 20.2. The molecule has 1 heterocycles. The number of amides is 1. The van der Waals surface area contributed by atoms with E-state index in [1.807, 2.05) is 30.3 Å². The molecule has 1 aromatic heterocycles. The molecule has 0 aliphatic heterocycles. The summed E-state index contributed by atoms with van der Waals surface area (Å²) < 4.78 is 5.14. The lowest BCUT2D eigenvalue weighted by Gasteiger charge is -2.06. The number of benzene rings is 2. The maximum absolute atomic E-state index is 12.4. The summed E-state index contributed by atoms with van der Waals surface area (Å²) in [5.74, 6) is -1.07. The number of ether oxygens (including phenoxy) is 1. The van der Waals surface area contributed by atoms with Crippen molar-refractivity contribution < 1.29 is 14.3 Å². The van der Waals surface area contributed by atoms with Crippen LogP contribution in [0.5, 0.6) is 0 Å². The fourth-order valence-corrected chi connectivity index (χ4v) is 3.62. The fraction of sp³-hybridized carbons (Fsp3) is 0.182. The number of hydrogen-bond donors (Lipinski definition) is 1. The second-order valence-electron chi connectivity index (χ2n) is 6.30. The largest absolute Gasteiger partial charge is 0.451 e. The van der Waals surface area contributed by atoms with E-state index in [9.17, 15) is 9.59 Å². The topological polar surface area (TPSA) is 92.1 Å². The molecule has 6 nitrogen and oxygen atoms in total. The van der Waals surface area contributed by atoms with Gasteiger partial charge < -0.3 is 10.1 Å². The molecule has 0 fully saturated rings. The first-order chi connectivity index (χ1) is 14.0. The number of nitriles is 1. The second kappa shape index (κ2) is 9.13. The van der Waals surface area contributed by atoms with Gasteiger partial charge in [-0.05, 0) is 37.1 Å². The molecule has 1 amide bonds. The summed E-state index contributed by atoms with van der Waals surface area (Å²) in [6.07, 6.45) is 0.956. The quantitative estimate of drug-likeness (QED) is 0.616. The van der Waals surface area contributed by atoms with E-state index in [4.69, 9.17) is 10.00 Å². The number of anilines is 1. The van der Waals surface area contributed by atoms with Crippen LogP contribution in [0.25, 0.3) is 10.6 Å². The van der Waals surface area contributed by atoms with Gasteiger partial charge >= 0.3 is 5.97 Å². The number of esters is 1. The van der Waals surface area contributed by atoms with E-state index < -0.39 is 18.5 Å². The minimum Gasteiger partial charge on any atom is -0.451 e. The number of nitrogens with one attached hydrogen (secondary N) is 1. The van der Waals surface area contributed by atoms with Crippen molar-refractivity contribution in [3.05, 3.63) is 70.2 Å². The summed E-state index contributed by atoms with van der Waals surface area (Å²) >= 11 is 1.24. The lowest BCUT2D eigenvalue weighted by molar-refractivity contribution is -0.119. The third kappa shape index (κ3) is 5.06. The highest BCUT2D eigenvalue weighted by molar-refractivity contribution is 7.17. The molecule has 146 valence electrons. The van der Waals surface area contributed by atoms with Crippen molar-refractivity contribution in [2.45, 2.75) is 20.3 Å². The Morgan fingerprint density at radius 3 is 2.66 bits per heavy atom. The van der Waals surface area contributed by atoms with E-state index >= 15 is 0 Å². The van der Waals surface area contributed by atoms with Crippen molar-refractivity contribution in [1.29, 1.82) is 5.26 Å². The van der Waals surface area contributed by atoms with Gasteiger partial charge in [-0.1, -0.05) is 37.3 Å². The second-order valence-corrected chi connectivity index (χ2v) is 7.30. The molecule has 0 atom stereocenters. The number of aromatic nitrogens is 1. The standard InChI is InChI=1S/C22H19N3O3S/c1-3-15-7-9-17(10-8-15)21-24-14(2)20(29-21)22(27)28-13-19(26)25-18-6-4-5-16(11-18)12-23/h4-11H,3,13H2,1-2H3,(H,25,26). The third-order valence-electron chi connectivity index (χ3n) is 4.20. The van der Waals surface area contributed by atoms with Gasteiger partial charge in [0.1, 0.15) is 9.88 Å². The van der Waals surface area contributed by atoms with Crippen molar-refractivity contribution in [2.75, 3.05) is 11.9 Å². The highest BCUT2D eigenvalue weighted by Crippen LogP contribution is 2.28. The molecule has 0 spiro atoms. The number of aryl methyl sites for hydroxylation is 2. The predicted molar refractivity (Wildman–Crippen MR) is 112 cm³/mol. The van der Waals surface area contributed by atoms with Gasteiger partial charge in [0, 0.05) is 11.3 Å². The average molecular weight is 405 g/mol. The van der Waals surface area contributed by atoms with Crippen LogP contribution in [0.3, 0.4) is 0 Å². The smallest absolute Gasteiger partial charge is 0.350 e. The Labute approximate surface area is 172 Å². The zero-order valence-corrected chi connectivity index (χ0v) is 16.9. The van der Waals surface area contributed by atoms with Crippen molar-refractivity contribution in [3.8, 4) is 16.6 Å². The van der Waals surface area contributed by atoms with Gasteiger partial charge in [0.05, 0.1) is 17.3 Å². The summed E-state index contributed by atoms with van der Waals surface area (Å²) in [6.45, 7) is 3.41.